The Bertz CT molecular complexity index is 1580. The highest BCUT2D eigenvalue weighted by molar-refractivity contribution is 5.94. The number of aromatic nitrogens is 4. The van der Waals surface area contributed by atoms with Crippen molar-refractivity contribution in [2.24, 2.45) is 5.10 Å². The van der Waals surface area contributed by atoms with Crippen LogP contribution in [0.2, 0.25) is 0 Å². The predicted octanol–water partition coefficient (Wildman–Crippen LogP) is 1.22. The second kappa shape index (κ2) is 13.7. The predicted molar refractivity (Wildman–Crippen MR) is 156 cm³/mol. The van der Waals surface area contributed by atoms with Gasteiger partial charge in [-0.15, -0.1) is 5.10 Å². The normalized spacial score (nSPS) is 16.5. The average molecular weight is 643 g/mol. The molecule has 3 aromatic rings. The quantitative estimate of drug-likeness (QED) is 0.215. The number of urea groups is 1. The summed E-state index contributed by atoms with van der Waals surface area (Å²) >= 11 is 0. The topological polar surface area (TPSA) is 171 Å². The van der Waals surface area contributed by atoms with Gasteiger partial charge in [-0.1, -0.05) is 6.07 Å². The first-order valence-corrected chi connectivity index (χ1v) is 14.2. The van der Waals surface area contributed by atoms with Crippen LogP contribution in [0, 0.1) is 11.6 Å². The summed E-state index contributed by atoms with van der Waals surface area (Å²) in [5.74, 6) is -2.07. The third kappa shape index (κ3) is 7.12. The maximum absolute atomic E-state index is 15.2. The van der Waals surface area contributed by atoms with Crippen molar-refractivity contribution in [1.29, 1.82) is 0 Å². The van der Waals surface area contributed by atoms with Gasteiger partial charge >= 0.3 is 12.2 Å². The lowest BCUT2D eigenvalue weighted by Crippen LogP contribution is -2.55. The molecule has 0 spiro atoms. The van der Waals surface area contributed by atoms with Crippen molar-refractivity contribution in [1.82, 2.24) is 40.3 Å². The monoisotopic (exact) mass is 642 g/mol. The van der Waals surface area contributed by atoms with Gasteiger partial charge in [0.2, 0.25) is 5.91 Å². The molecule has 0 bridgehead atoms. The Balaban J connectivity index is 1.26. The number of aliphatic hydroxyl groups is 1. The largest absolute Gasteiger partial charge is 0.510 e. The van der Waals surface area contributed by atoms with Crippen LogP contribution >= 0.6 is 0 Å². The lowest BCUT2D eigenvalue weighted by molar-refractivity contribution is -0.119. The fourth-order valence-electron chi connectivity index (χ4n) is 5.17. The third-order valence-electron chi connectivity index (χ3n) is 7.56. The number of hydrogen-bond acceptors (Lipinski definition) is 12. The second-order valence-electron chi connectivity index (χ2n) is 10.6. The van der Waals surface area contributed by atoms with E-state index in [-0.39, 0.29) is 51.1 Å². The summed E-state index contributed by atoms with van der Waals surface area (Å²) in [6, 6.07) is 8.42. The van der Waals surface area contributed by atoms with Crippen LogP contribution in [0.3, 0.4) is 0 Å². The molecule has 0 saturated carbocycles. The first-order valence-electron chi connectivity index (χ1n) is 14.2. The number of nitrogens with one attached hydrogen (secondary N) is 1. The Morgan fingerprint density at radius 3 is 2.57 bits per heavy atom. The minimum atomic E-state index is -2.05. The molecule has 1 fully saturated rings. The number of benzene rings is 2. The first kappa shape index (κ1) is 32.0. The number of tetrazole rings is 1. The van der Waals surface area contributed by atoms with Crippen LogP contribution < -0.4 is 10.2 Å². The Labute approximate surface area is 261 Å². The molecular formula is C28H32F2N10O6. The van der Waals surface area contributed by atoms with E-state index in [9.17, 15) is 23.9 Å². The first-order chi connectivity index (χ1) is 22.0. The summed E-state index contributed by atoms with van der Waals surface area (Å²) in [6.07, 6.45) is 1.84. The zero-order valence-corrected chi connectivity index (χ0v) is 25.0. The lowest BCUT2D eigenvalue weighted by Gasteiger charge is -2.41. The van der Waals surface area contributed by atoms with Crippen molar-refractivity contribution < 1.29 is 37.7 Å². The Morgan fingerprint density at radius 2 is 1.87 bits per heavy atom. The smallest absolute Gasteiger partial charge is 0.432 e. The number of rotatable bonds is 12. The molecule has 2 aliphatic rings. The van der Waals surface area contributed by atoms with E-state index < -0.39 is 35.5 Å². The van der Waals surface area contributed by atoms with E-state index in [2.05, 4.69) is 25.9 Å². The van der Waals surface area contributed by atoms with Crippen molar-refractivity contribution in [2.75, 3.05) is 51.1 Å². The summed E-state index contributed by atoms with van der Waals surface area (Å²) in [7, 11) is 0. The Hall–Kier alpha value is -5.39. The number of hydrazone groups is 1. The maximum Gasteiger partial charge on any atom is 0.510 e. The third-order valence-corrected chi connectivity index (χ3v) is 7.56. The average Bonchev–Trinajstić information content (AvgIpc) is 3.80. The molecule has 3 amide bonds. The molecule has 5 rings (SSSR count). The second-order valence-corrected chi connectivity index (χ2v) is 10.6. The van der Waals surface area contributed by atoms with E-state index in [4.69, 9.17) is 9.47 Å². The molecule has 3 heterocycles. The van der Waals surface area contributed by atoms with Crippen LogP contribution in [0.1, 0.15) is 19.4 Å². The van der Waals surface area contributed by atoms with Crippen LogP contribution in [0.15, 0.2) is 53.9 Å². The lowest BCUT2D eigenvalue weighted by atomic mass is 9.85. The molecule has 46 heavy (non-hydrogen) atoms. The molecule has 16 nitrogen and oxygen atoms in total. The number of carbonyl (C=O) groups is 3. The molecular weight excluding hydrogens is 610 g/mol. The number of amides is 3. The molecule has 0 unspecified atom stereocenters. The van der Waals surface area contributed by atoms with Crippen molar-refractivity contribution in [3.05, 3.63) is 66.0 Å². The molecule has 2 aliphatic heterocycles. The van der Waals surface area contributed by atoms with Crippen LogP contribution in [0.4, 0.5) is 24.1 Å². The van der Waals surface area contributed by atoms with E-state index >= 15 is 4.39 Å². The fourth-order valence-corrected chi connectivity index (χ4v) is 5.17. The van der Waals surface area contributed by atoms with Gasteiger partial charge in [-0.05, 0) is 47.7 Å². The summed E-state index contributed by atoms with van der Waals surface area (Å²) in [5, 5.41) is 31.3. The highest BCUT2D eigenvalue weighted by Gasteiger charge is 2.47. The van der Waals surface area contributed by atoms with Gasteiger partial charge in [0, 0.05) is 37.3 Å². The van der Waals surface area contributed by atoms with Gasteiger partial charge in [-0.25, -0.2) is 23.1 Å². The van der Waals surface area contributed by atoms with Gasteiger partial charge in [-0.3, -0.25) is 14.7 Å². The molecule has 2 N–H and O–H groups in total. The van der Waals surface area contributed by atoms with Crippen molar-refractivity contribution >= 4 is 30.1 Å². The van der Waals surface area contributed by atoms with E-state index in [0.29, 0.717) is 24.0 Å². The Kier molecular flexibility index (Phi) is 9.55. The highest BCUT2D eigenvalue weighted by Crippen LogP contribution is 2.35. The van der Waals surface area contributed by atoms with Gasteiger partial charge < -0.3 is 29.7 Å². The number of anilines is 1. The van der Waals surface area contributed by atoms with Gasteiger partial charge in [0.1, 0.15) is 43.2 Å². The minimum Gasteiger partial charge on any atom is -0.432 e. The van der Waals surface area contributed by atoms with E-state index in [1.165, 1.54) is 44.0 Å². The van der Waals surface area contributed by atoms with Gasteiger partial charge in [-0.2, -0.15) is 5.10 Å². The van der Waals surface area contributed by atoms with Crippen molar-refractivity contribution in [3.63, 3.8) is 0 Å². The SMILES string of the molecule is CC(=O)NCCOC(=O)OCN1C=NN(C[C@](O)(c2ccc(F)cc2F)[C@@H](C)N2CCN(c3ccc(-n4cnnn4)cc3)C2=O)C1. The number of nitrogens with zero attached hydrogens (tertiary/aromatic N) is 9. The van der Waals surface area contributed by atoms with Crippen LogP contribution in [0.25, 0.3) is 5.69 Å². The fraction of sp³-hybridized carbons (Fsp3) is 0.393. The molecule has 18 heteroatoms. The van der Waals surface area contributed by atoms with Gasteiger partial charge in [0.05, 0.1) is 24.8 Å². The molecule has 1 saturated heterocycles. The van der Waals surface area contributed by atoms with Crippen molar-refractivity contribution in [3.8, 4) is 5.69 Å². The zero-order valence-electron chi connectivity index (χ0n) is 25.0. The van der Waals surface area contributed by atoms with E-state index in [1.54, 1.807) is 31.2 Å². The zero-order chi connectivity index (χ0) is 32.8. The van der Waals surface area contributed by atoms with Gasteiger partial charge in [0.15, 0.2) is 6.73 Å². The molecule has 1 aromatic heterocycles. The number of halogens is 2. The summed E-state index contributed by atoms with van der Waals surface area (Å²) in [5.41, 5.74) is -0.978. The minimum absolute atomic E-state index is 0.0325. The van der Waals surface area contributed by atoms with Crippen LogP contribution in [-0.4, -0.2) is 117 Å². The molecule has 2 atom stereocenters. The van der Waals surface area contributed by atoms with Gasteiger partial charge in [0.25, 0.3) is 0 Å². The maximum atomic E-state index is 15.2. The molecule has 2 aromatic carbocycles. The molecule has 0 aliphatic carbocycles. The number of hydrogen-bond donors (Lipinski definition) is 2. The number of β-amino-alcohol motifs (C(OH)–C–C–N with tert-alkyl or cyclic N) is 1. The summed E-state index contributed by atoms with van der Waals surface area (Å²) in [6.45, 7) is 2.97. The number of carbonyl (C=O) groups excluding carboxylic acids is 3. The standard InChI is InChI=1S/C28H32F2N10O6/c1-19(38-10-11-39(26(38)42)22-4-6-23(7-5-22)40-15-32-34-35-40)28(44,24-8-3-21(29)13-25(24)30)14-37-17-36(16-33-37)18-46-27(43)45-12-9-31-20(2)41/h3-8,13,15-16,19,44H,9-12,14,17-18H2,1-2H3,(H,31,41)/t19-,28-/m1/s1. The Morgan fingerprint density at radius 1 is 1.11 bits per heavy atom. The number of ether oxygens (including phenoxy) is 2. The summed E-state index contributed by atoms with van der Waals surface area (Å²) in [4.78, 5) is 40.9. The molecule has 244 valence electrons. The van der Waals surface area contributed by atoms with Crippen molar-refractivity contribution in [2.45, 2.75) is 25.5 Å². The van der Waals surface area contributed by atoms with E-state index in [1.807, 2.05) is 0 Å². The van der Waals surface area contributed by atoms with Crippen LogP contribution in [-0.2, 0) is 19.9 Å². The van der Waals surface area contributed by atoms with E-state index in [0.717, 1.165) is 12.1 Å². The molecule has 0 radical (unpaired) electrons. The summed E-state index contributed by atoms with van der Waals surface area (Å²) < 4.78 is 40.5. The van der Waals surface area contributed by atoms with Crippen LogP contribution in [0.5, 0.6) is 0 Å². The highest BCUT2D eigenvalue weighted by atomic mass is 19.1.